The standard InChI is InChI=1S/C20H25N5O3/c1-13-7-4-5-8-15(13)12-25-18(27)16-17(22(3)20(25)28)21-19-23(9-6-10-26)14(2)11-24(16)19/h4-5,7-8,11,16-17,26H,6,9-10,12H2,1-3H3. The number of aliphatic hydroxyl groups excluding tert-OH is 1. The zero-order chi connectivity index (χ0) is 20.0. The number of imide groups is 1. The summed E-state index contributed by atoms with van der Waals surface area (Å²) >= 11 is 0. The maximum Gasteiger partial charge on any atom is 0.328 e. The number of rotatable bonds is 5. The molecule has 3 aliphatic heterocycles. The van der Waals surface area contributed by atoms with E-state index >= 15 is 0 Å². The van der Waals surface area contributed by atoms with Gasteiger partial charge < -0.3 is 19.8 Å². The Labute approximate surface area is 164 Å². The summed E-state index contributed by atoms with van der Waals surface area (Å²) in [6.07, 6.45) is 1.98. The van der Waals surface area contributed by atoms with Crippen LogP contribution in [0, 0.1) is 6.92 Å². The molecule has 2 atom stereocenters. The largest absolute Gasteiger partial charge is 0.396 e. The number of urea groups is 1. The Bertz CT molecular complexity index is 880. The highest BCUT2D eigenvalue weighted by Gasteiger charge is 2.54. The lowest BCUT2D eigenvalue weighted by molar-refractivity contribution is -0.137. The molecule has 8 heteroatoms. The van der Waals surface area contributed by atoms with Crippen LogP contribution in [-0.4, -0.2) is 75.0 Å². The van der Waals surface area contributed by atoms with Crippen LogP contribution in [0.1, 0.15) is 24.5 Å². The molecule has 28 heavy (non-hydrogen) atoms. The number of amides is 3. The van der Waals surface area contributed by atoms with Gasteiger partial charge in [-0.05, 0) is 31.4 Å². The molecule has 1 aromatic rings. The third-order valence-electron chi connectivity index (χ3n) is 5.63. The number of fused-ring (bicyclic) bond motifs is 3. The molecule has 0 bridgehead atoms. The molecular formula is C20H25N5O3. The summed E-state index contributed by atoms with van der Waals surface area (Å²) in [6, 6.07) is 6.88. The van der Waals surface area contributed by atoms with Crippen molar-refractivity contribution < 1.29 is 14.7 Å². The third-order valence-corrected chi connectivity index (χ3v) is 5.63. The quantitative estimate of drug-likeness (QED) is 0.830. The summed E-state index contributed by atoms with van der Waals surface area (Å²) in [6.45, 7) is 4.89. The molecule has 3 heterocycles. The first-order valence-electron chi connectivity index (χ1n) is 9.49. The second kappa shape index (κ2) is 6.94. The van der Waals surface area contributed by atoms with E-state index in [9.17, 15) is 9.59 Å². The number of allylic oxidation sites excluding steroid dienone is 1. The van der Waals surface area contributed by atoms with Crippen LogP contribution in [0.3, 0.4) is 0 Å². The van der Waals surface area contributed by atoms with Gasteiger partial charge in [-0.15, -0.1) is 0 Å². The lowest BCUT2D eigenvalue weighted by Gasteiger charge is -2.40. The molecule has 1 N–H and O–H groups in total. The number of aryl methyl sites for hydroxylation is 1. The summed E-state index contributed by atoms with van der Waals surface area (Å²) < 4.78 is 0. The molecule has 1 fully saturated rings. The number of likely N-dealkylation sites (N-methyl/N-ethyl adjacent to an activating group) is 1. The molecule has 148 valence electrons. The first-order valence-corrected chi connectivity index (χ1v) is 9.49. The number of hydrogen-bond donors (Lipinski definition) is 1. The van der Waals surface area contributed by atoms with E-state index in [4.69, 9.17) is 10.1 Å². The zero-order valence-electron chi connectivity index (χ0n) is 16.4. The maximum atomic E-state index is 13.3. The van der Waals surface area contributed by atoms with Crippen molar-refractivity contribution in [3.05, 3.63) is 47.3 Å². The van der Waals surface area contributed by atoms with Crippen molar-refractivity contribution in [1.82, 2.24) is 19.6 Å². The van der Waals surface area contributed by atoms with Crippen LogP contribution in [0.4, 0.5) is 4.79 Å². The molecule has 2 unspecified atom stereocenters. The minimum Gasteiger partial charge on any atom is -0.396 e. The number of carbonyl (C=O) groups is 2. The Balaban J connectivity index is 1.62. The molecular weight excluding hydrogens is 358 g/mol. The van der Waals surface area contributed by atoms with Crippen molar-refractivity contribution in [2.24, 2.45) is 4.99 Å². The van der Waals surface area contributed by atoms with E-state index in [2.05, 4.69) is 0 Å². The molecule has 0 spiro atoms. The van der Waals surface area contributed by atoms with Gasteiger partial charge in [0.1, 0.15) is 0 Å². The average molecular weight is 383 g/mol. The second-order valence-corrected chi connectivity index (χ2v) is 7.44. The van der Waals surface area contributed by atoms with E-state index in [1.165, 1.54) is 4.90 Å². The van der Waals surface area contributed by atoms with E-state index in [-0.39, 0.29) is 25.1 Å². The van der Waals surface area contributed by atoms with Gasteiger partial charge in [0.2, 0.25) is 5.96 Å². The minimum absolute atomic E-state index is 0.0887. The highest BCUT2D eigenvalue weighted by molar-refractivity contribution is 6.04. The molecule has 0 radical (unpaired) electrons. The number of benzene rings is 1. The Morgan fingerprint density at radius 3 is 2.61 bits per heavy atom. The average Bonchev–Trinajstić information content (AvgIpc) is 3.18. The van der Waals surface area contributed by atoms with Gasteiger partial charge in [0.15, 0.2) is 12.2 Å². The third kappa shape index (κ3) is 2.75. The predicted molar refractivity (Wildman–Crippen MR) is 104 cm³/mol. The van der Waals surface area contributed by atoms with Crippen LogP contribution < -0.4 is 0 Å². The van der Waals surface area contributed by atoms with Crippen molar-refractivity contribution in [2.75, 3.05) is 20.2 Å². The van der Waals surface area contributed by atoms with Crippen LogP contribution in [-0.2, 0) is 11.3 Å². The summed E-state index contributed by atoms with van der Waals surface area (Å²) in [7, 11) is 1.69. The lowest BCUT2D eigenvalue weighted by Crippen LogP contribution is -2.63. The number of aliphatic imine (C=N–C) groups is 1. The lowest BCUT2D eigenvalue weighted by atomic mass is 10.1. The highest BCUT2D eigenvalue weighted by atomic mass is 16.3. The molecule has 3 amide bonds. The van der Waals surface area contributed by atoms with Crippen molar-refractivity contribution in [3.63, 3.8) is 0 Å². The van der Waals surface area contributed by atoms with Crippen LogP contribution >= 0.6 is 0 Å². The number of aliphatic hydroxyl groups is 1. The molecule has 0 saturated carbocycles. The molecule has 8 nitrogen and oxygen atoms in total. The van der Waals surface area contributed by atoms with E-state index < -0.39 is 12.2 Å². The fourth-order valence-corrected chi connectivity index (χ4v) is 4.01. The van der Waals surface area contributed by atoms with Crippen LogP contribution in [0.15, 0.2) is 41.2 Å². The van der Waals surface area contributed by atoms with Crippen molar-refractivity contribution in [3.8, 4) is 0 Å². The van der Waals surface area contributed by atoms with Gasteiger partial charge in [0.05, 0.1) is 6.54 Å². The topological polar surface area (TPSA) is 79.7 Å². The van der Waals surface area contributed by atoms with Crippen LogP contribution in [0.2, 0.25) is 0 Å². The smallest absolute Gasteiger partial charge is 0.328 e. The molecule has 4 rings (SSSR count). The van der Waals surface area contributed by atoms with E-state index in [0.29, 0.717) is 18.9 Å². The molecule has 1 aromatic carbocycles. The van der Waals surface area contributed by atoms with Gasteiger partial charge in [-0.25, -0.2) is 9.79 Å². The summed E-state index contributed by atoms with van der Waals surface area (Å²) in [5.41, 5.74) is 2.97. The zero-order valence-corrected chi connectivity index (χ0v) is 16.4. The normalized spacial score (nSPS) is 23.9. The first-order chi connectivity index (χ1) is 13.4. The number of carbonyl (C=O) groups excluding carboxylic acids is 2. The Kier molecular flexibility index (Phi) is 4.58. The van der Waals surface area contributed by atoms with Crippen molar-refractivity contribution >= 4 is 17.9 Å². The summed E-state index contributed by atoms with van der Waals surface area (Å²) in [4.78, 5) is 37.7. The van der Waals surface area contributed by atoms with Crippen LogP contribution in [0.25, 0.3) is 0 Å². The van der Waals surface area contributed by atoms with Crippen molar-refractivity contribution in [2.45, 2.75) is 39.0 Å². The van der Waals surface area contributed by atoms with Gasteiger partial charge in [-0.2, -0.15) is 0 Å². The number of nitrogens with zero attached hydrogens (tertiary/aromatic N) is 5. The highest BCUT2D eigenvalue weighted by Crippen LogP contribution is 2.34. The monoisotopic (exact) mass is 383 g/mol. The molecule has 0 aliphatic carbocycles. The molecule has 0 aromatic heterocycles. The van der Waals surface area contributed by atoms with E-state index in [1.807, 2.05) is 54.1 Å². The Morgan fingerprint density at radius 1 is 1.14 bits per heavy atom. The van der Waals surface area contributed by atoms with Crippen LogP contribution in [0.5, 0.6) is 0 Å². The SMILES string of the molecule is CC1=CN2C(=NC3C2C(=O)N(Cc2ccccc2C)C(=O)N3C)N1CCCO. The fourth-order valence-electron chi connectivity index (χ4n) is 4.01. The van der Waals surface area contributed by atoms with E-state index in [0.717, 1.165) is 16.8 Å². The summed E-state index contributed by atoms with van der Waals surface area (Å²) in [5, 5.41) is 9.16. The van der Waals surface area contributed by atoms with Gasteiger partial charge in [-0.3, -0.25) is 9.69 Å². The molecule has 3 aliphatic rings. The minimum atomic E-state index is -0.559. The van der Waals surface area contributed by atoms with Gasteiger partial charge in [-0.1, -0.05) is 24.3 Å². The second-order valence-electron chi connectivity index (χ2n) is 7.44. The Hall–Kier alpha value is -2.87. The number of hydrogen-bond acceptors (Lipinski definition) is 6. The maximum absolute atomic E-state index is 13.3. The van der Waals surface area contributed by atoms with Crippen molar-refractivity contribution in [1.29, 1.82) is 0 Å². The predicted octanol–water partition coefficient (Wildman–Crippen LogP) is 1.31. The summed E-state index contributed by atoms with van der Waals surface area (Å²) in [5.74, 6) is 0.440. The molecule has 1 saturated heterocycles. The number of guanidine groups is 1. The van der Waals surface area contributed by atoms with E-state index in [1.54, 1.807) is 11.9 Å². The fraction of sp³-hybridized carbons (Fsp3) is 0.450. The first kappa shape index (κ1) is 18.5. The van der Waals surface area contributed by atoms with Gasteiger partial charge >= 0.3 is 6.03 Å². The van der Waals surface area contributed by atoms with Gasteiger partial charge in [0, 0.05) is 32.1 Å². The Morgan fingerprint density at radius 2 is 1.89 bits per heavy atom. The van der Waals surface area contributed by atoms with Gasteiger partial charge in [0.25, 0.3) is 5.91 Å².